The van der Waals surface area contributed by atoms with Crippen molar-refractivity contribution in [3.8, 4) is 5.75 Å². The van der Waals surface area contributed by atoms with E-state index in [-0.39, 0.29) is 17.9 Å². The third kappa shape index (κ3) is 6.71. The molecule has 3 rings (SSSR count). The smallest absolute Gasteiger partial charge is 0.255 e. The van der Waals surface area contributed by atoms with Crippen LogP contribution in [0.4, 0.5) is 5.69 Å². The Morgan fingerprint density at radius 3 is 2.09 bits per heavy atom. The van der Waals surface area contributed by atoms with Crippen LogP contribution >= 0.6 is 0 Å². The summed E-state index contributed by atoms with van der Waals surface area (Å²) in [5, 5.41) is 5.85. The molecule has 0 saturated carbocycles. The standard InChI is InChI=1S/C27H30N2O3/c1-3-4-8-19-32-25-17-13-23(14-18-25)27(31)29-24-15-11-22(12-16-24)26(30)28-20(2)21-9-6-5-7-10-21/h5-7,9-18,20H,3-4,8,19H2,1-2H3,(H,28,30)(H,29,31). The van der Waals surface area contributed by atoms with Gasteiger partial charge in [0.15, 0.2) is 0 Å². The highest BCUT2D eigenvalue weighted by atomic mass is 16.5. The molecule has 0 saturated heterocycles. The summed E-state index contributed by atoms with van der Waals surface area (Å²) in [4.78, 5) is 25.0. The van der Waals surface area contributed by atoms with E-state index >= 15 is 0 Å². The minimum Gasteiger partial charge on any atom is -0.494 e. The highest BCUT2D eigenvalue weighted by Gasteiger charge is 2.12. The highest BCUT2D eigenvalue weighted by molar-refractivity contribution is 6.04. The Balaban J connectivity index is 1.52. The van der Waals surface area contributed by atoms with Crippen LogP contribution in [0, 0.1) is 0 Å². The van der Waals surface area contributed by atoms with E-state index in [1.54, 1.807) is 36.4 Å². The van der Waals surface area contributed by atoms with Crippen LogP contribution in [0.25, 0.3) is 0 Å². The molecule has 0 radical (unpaired) electrons. The van der Waals surface area contributed by atoms with Gasteiger partial charge in [0, 0.05) is 16.8 Å². The molecular formula is C27H30N2O3. The third-order valence-electron chi connectivity index (χ3n) is 5.19. The van der Waals surface area contributed by atoms with Crippen molar-refractivity contribution in [1.29, 1.82) is 0 Å². The molecule has 0 aliphatic heterocycles. The lowest BCUT2D eigenvalue weighted by atomic mass is 10.1. The zero-order chi connectivity index (χ0) is 22.8. The van der Waals surface area contributed by atoms with E-state index in [9.17, 15) is 9.59 Å². The van der Waals surface area contributed by atoms with E-state index in [4.69, 9.17) is 4.74 Å². The molecule has 3 aromatic carbocycles. The molecule has 5 nitrogen and oxygen atoms in total. The lowest BCUT2D eigenvalue weighted by Gasteiger charge is -2.14. The van der Waals surface area contributed by atoms with Crippen molar-refractivity contribution < 1.29 is 14.3 Å². The van der Waals surface area contributed by atoms with Gasteiger partial charge in [-0.2, -0.15) is 0 Å². The number of carbonyl (C=O) groups excluding carboxylic acids is 2. The molecule has 2 N–H and O–H groups in total. The average Bonchev–Trinajstić information content (AvgIpc) is 2.83. The van der Waals surface area contributed by atoms with E-state index in [2.05, 4.69) is 17.6 Å². The summed E-state index contributed by atoms with van der Waals surface area (Å²) < 4.78 is 5.68. The molecule has 5 heteroatoms. The van der Waals surface area contributed by atoms with E-state index in [1.165, 1.54) is 0 Å². The van der Waals surface area contributed by atoms with Gasteiger partial charge in [0.1, 0.15) is 5.75 Å². The number of carbonyl (C=O) groups is 2. The molecule has 32 heavy (non-hydrogen) atoms. The molecule has 1 unspecified atom stereocenters. The quantitative estimate of drug-likeness (QED) is 0.388. The maximum atomic E-state index is 12.5. The van der Waals surface area contributed by atoms with E-state index in [0.717, 1.165) is 30.6 Å². The zero-order valence-corrected chi connectivity index (χ0v) is 18.6. The number of hydrogen-bond acceptors (Lipinski definition) is 3. The zero-order valence-electron chi connectivity index (χ0n) is 18.6. The molecule has 166 valence electrons. The number of amides is 2. The number of ether oxygens (including phenoxy) is 1. The SMILES string of the molecule is CCCCCOc1ccc(C(=O)Nc2ccc(C(=O)NC(C)c3ccccc3)cc2)cc1. The second-order valence-corrected chi connectivity index (χ2v) is 7.72. The monoisotopic (exact) mass is 430 g/mol. The fourth-order valence-corrected chi connectivity index (χ4v) is 3.26. The largest absolute Gasteiger partial charge is 0.494 e. The third-order valence-corrected chi connectivity index (χ3v) is 5.19. The van der Waals surface area contributed by atoms with Gasteiger partial charge in [-0.15, -0.1) is 0 Å². The molecule has 0 aromatic heterocycles. The van der Waals surface area contributed by atoms with Crippen molar-refractivity contribution in [1.82, 2.24) is 5.32 Å². The Bertz CT molecular complexity index is 999. The Morgan fingerprint density at radius 2 is 1.44 bits per heavy atom. The lowest BCUT2D eigenvalue weighted by Crippen LogP contribution is -2.26. The van der Waals surface area contributed by atoms with Crippen LogP contribution < -0.4 is 15.4 Å². The van der Waals surface area contributed by atoms with Gasteiger partial charge in [-0.25, -0.2) is 0 Å². The predicted molar refractivity (Wildman–Crippen MR) is 128 cm³/mol. The van der Waals surface area contributed by atoms with E-state index in [1.807, 2.05) is 49.4 Å². The Hall–Kier alpha value is -3.60. The van der Waals surface area contributed by atoms with Crippen molar-refractivity contribution >= 4 is 17.5 Å². The van der Waals surface area contributed by atoms with Crippen molar-refractivity contribution in [3.63, 3.8) is 0 Å². The molecule has 2 amide bonds. The Labute approximate surface area is 189 Å². The summed E-state index contributed by atoms with van der Waals surface area (Å²) in [7, 11) is 0. The summed E-state index contributed by atoms with van der Waals surface area (Å²) >= 11 is 0. The maximum Gasteiger partial charge on any atom is 0.255 e. The second-order valence-electron chi connectivity index (χ2n) is 7.72. The molecule has 0 aliphatic rings. The minimum absolute atomic E-state index is 0.0957. The summed E-state index contributed by atoms with van der Waals surface area (Å²) in [6, 6.07) is 23.7. The van der Waals surface area contributed by atoms with Gasteiger partial charge in [0.05, 0.1) is 12.6 Å². The fraction of sp³-hybridized carbons (Fsp3) is 0.259. The minimum atomic E-state index is -0.211. The number of benzene rings is 3. The van der Waals surface area contributed by atoms with Crippen molar-refractivity contribution in [2.75, 3.05) is 11.9 Å². The summed E-state index contributed by atoms with van der Waals surface area (Å²) in [6.07, 6.45) is 3.33. The number of unbranched alkanes of at least 4 members (excludes halogenated alkanes) is 2. The molecule has 1 atom stereocenters. The van der Waals surface area contributed by atoms with Gasteiger partial charge in [0.2, 0.25) is 0 Å². The average molecular weight is 431 g/mol. The van der Waals surface area contributed by atoms with Crippen molar-refractivity contribution in [2.24, 2.45) is 0 Å². The predicted octanol–water partition coefficient (Wildman–Crippen LogP) is 6.00. The number of anilines is 1. The first kappa shape index (κ1) is 23.1. The van der Waals surface area contributed by atoms with Gasteiger partial charge in [-0.1, -0.05) is 50.1 Å². The van der Waals surface area contributed by atoms with Crippen LogP contribution in [0.2, 0.25) is 0 Å². The Morgan fingerprint density at radius 1 is 0.812 bits per heavy atom. The summed E-state index contributed by atoms with van der Waals surface area (Å²) in [5.74, 6) is 0.393. The van der Waals surface area contributed by atoms with Crippen molar-refractivity contribution in [3.05, 3.63) is 95.6 Å². The van der Waals surface area contributed by atoms with Crippen molar-refractivity contribution in [2.45, 2.75) is 39.2 Å². The highest BCUT2D eigenvalue weighted by Crippen LogP contribution is 2.17. The molecular weight excluding hydrogens is 400 g/mol. The van der Waals surface area contributed by atoms with Gasteiger partial charge in [-0.05, 0) is 67.4 Å². The van der Waals surface area contributed by atoms with E-state index < -0.39 is 0 Å². The van der Waals surface area contributed by atoms with Crippen LogP contribution in [-0.4, -0.2) is 18.4 Å². The second kappa shape index (κ2) is 11.7. The van der Waals surface area contributed by atoms with Gasteiger partial charge < -0.3 is 15.4 Å². The fourth-order valence-electron chi connectivity index (χ4n) is 3.26. The van der Waals surface area contributed by atoms with Crippen LogP contribution in [0.5, 0.6) is 5.75 Å². The van der Waals surface area contributed by atoms with Crippen LogP contribution in [0.3, 0.4) is 0 Å². The molecule has 0 fully saturated rings. The first-order valence-electron chi connectivity index (χ1n) is 11.1. The first-order valence-corrected chi connectivity index (χ1v) is 11.1. The number of rotatable bonds is 10. The maximum absolute atomic E-state index is 12.5. The number of nitrogens with one attached hydrogen (secondary N) is 2. The van der Waals surface area contributed by atoms with Gasteiger partial charge in [0.25, 0.3) is 11.8 Å². The topological polar surface area (TPSA) is 67.4 Å². The lowest BCUT2D eigenvalue weighted by molar-refractivity contribution is 0.0939. The Kier molecular flexibility index (Phi) is 8.44. The van der Waals surface area contributed by atoms with Gasteiger partial charge >= 0.3 is 0 Å². The molecule has 0 aliphatic carbocycles. The molecule has 0 spiro atoms. The number of hydrogen-bond donors (Lipinski definition) is 2. The van der Waals surface area contributed by atoms with E-state index in [0.29, 0.717) is 23.4 Å². The molecule has 0 bridgehead atoms. The van der Waals surface area contributed by atoms with Crippen LogP contribution in [0.1, 0.15) is 65.4 Å². The summed E-state index contributed by atoms with van der Waals surface area (Å²) in [5.41, 5.74) is 2.75. The normalized spacial score (nSPS) is 11.4. The van der Waals surface area contributed by atoms with Gasteiger partial charge in [-0.3, -0.25) is 9.59 Å². The summed E-state index contributed by atoms with van der Waals surface area (Å²) in [6.45, 7) is 4.79. The first-order chi connectivity index (χ1) is 15.6. The van der Waals surface area contributed by atoms with Crippen LogP contribution in [0.15, 0.2) is 78.9 Å². The van der Waals surface area contributed by atoms with Crippen LogP contribution in [-0.2, 0) is 0 Å². The molecule has 3 aromatic rings. The molecule has 0 heterocycles.